The molecule has 0 unspecified atom stereocenters. The van der Waals surface area contributed by atoms with Gasteiger partial charge in [-0.1, -0.05) is 60.7 Å². The Morgan fingerprint density at radius 2 is 1.54 bits per heavy atom. The van der Waals surface area contributed by atoms with Gasteiger partial charge in [0.25, 0.3) is 0 Å². The van der Waals surface area contributed by atoms with Crippen LogP contribution in [0.5, 0.6) is 0 Å². The molecular formula is C21H24N2O2S. The molecular weight excluding hydrogens is 344 g/mol. The maximum atomic E-state index is 13.1. The average Bonchev–Trinajstić information content (AvgIpc) is 3.53. The summed E-state index contributed by atoms with van der Waals surface area (Å²) in [6.45, 7) is 2.12. The van der Waals surface area contributed by atoms with Gasteiger partial charge in [-0.25, -0.2) is 8.42 Å². The summed E-state index contributed by atoms with van der Waals surface area (Å²) in [5, 5.41) is 1.35. The molecule has 5 heteroatoms. The minimum absolute atomic E-state index is 0.129. The summed E-state index contributed by atoms with van der Waals surface area (Å²) in [4.78, 5) is 2.45. The summed E-state index contributed by atoms with van der Waals surface area (Å²) in [5.41, 5.74) is 1.96. The maximum Gasteiger partial charge on any atom is 0.236 e. The highest BCUT2D eigenvalue weighted by atomic mass is 32.2. The predicted octanol–water partition coefficient (Wildman–Crippen LogP) is 3.51. The van der Waals surface area contributed by atoms with E-state index in [1.54, 1.807) is 10.4 Å². The lowest BCUT2D eigenvalue weighted by molar-refractivity contribution is 0.130. The molecule has 0 spiro atoms. The summed E-state index contributed by atoms with van der Waals surface area (Å²) < 4.78 is 27.8. The van der Waals surface area contributed by atoms with E-state index in [1.807, 2.05) is 60.7 Å². The zero-order chi connectivity index (χ0) is 18.0. The Balaban J connectivity index is 1.60. The molecule has 0 amide bonds. The Hall–Kier alpha value is -1.95. The molecule has 136 valence electrons. The van der Waals surface area contributed by atoms with E-state index in [1.165, 1.54) is 18.2 Å². The first-order chi connectivity index (χ1) is 12.6. The Labute approximate surface area is 155 Å². The van der Waals surface area contributed by atoms with Gasteiger partial charge >= 0.3 is 0 Å². The SMILES string of the molecule is O=S(=O)(/C=C/c1ccccc1)N1CCN(C2CC2)C[C@H]1c1ccccc1. The molecule has 2 fully saturated rings. The van der Waals surface area contributed by atoms with Crippen LogP contribution in [0, 0.1) is 0 Å². The van der Waals surface area contributed by atoms with Gasteiger partial charge in [0.15, 0.2) is 0 Å². The third kappa shape index (κ3) is 3.90. The molecule has 1 saturated carbocycles. The molecule has 4 nitrogen and oxygen atoms in total. The lowest BCUT2D eigenvalue weighted by atomic mass is 10.0. The first kappa shape index (κ1) is 17.5. The number of benzene rings is 2. The monoisotopic (exact) mass is 368 g/mol. The number of nitrogens with zero attached hydrogens (tertiary/aromatic N) is 2. The van der Waals surface area contributed by atoms with Crippen molar-refractivity contribution in [2.45, 2.75) is 24.9 Å². The Bertz CT molecular complexity index is 861. The quantitative estimate of drug-likeness (QED) is 0.811. The predicted molar refractivity (Wildman–Crippen MR) is 105 cm³/mol. The van der Waals surface area contributed by atoms with Crippen LogP contribution in [0.1, 0.15) is 30.0 Å². The van der Waals surface area contributed by atoms with Crippen molar-refractivity contribution in [3.05, 3.63) is 77.2 Å². The van der Waals surface area contributed by atoms with Crippen LogP contribution in [0.25, 0.3) is 6.08 Å². The van der Waals surface area contributed by atoms with Gasteiger partial charge < -0.3 is 0 Å². The average molecular weight is 369 g/mol. The highest BCUT2D eigenvalue weighted by Gasteiger charge is 2.39. The van der Waals surface area contributed by atoms with Crippen LogP contribution in [-0.4, -0.2) is 43.3 Å². The van der Waals surface area contributed by atoms with Crippen molar-refractivity contribution in [1.82, 2.24) is 9.21 Å². The van der Waals surface area contributed by atoms with Crippen LogP contribution >= 0.6 is 0 Å². The van der Waals surface area contributed by atoms with E-state index in [4.69, 9.17) is 0 Å². The van der Waals surface area contributed by atoms with Gasteiger partial charge in [0.2, 0.25) is 10.0 Å². The lowest BCUT2D eigenvalue weighted by Gasteiger charge is -2.40. The minimum Gasteiger partial charge on any atom is -0.297 e. The molecule has 2 aliphatic rings. The van der Waals surface area contributed by atoms with Crippen molar-refractivity contribution in [2.24, 2.45) is 0 Å². The highest BCUT2D eigenvalue weighted by molar-refractivity contribution is 7.92. The first-order valence-corrected chi connectivity index (χ1v) is 10.7. The summed E-state index contributed by atoms with van der Waals surface area (Å²) in [5.74, 6) is 0. The topological polar surface area (TPSA) is 40.6 Å². The van der Waals surface area contributed by atoms with Gasteiger partial charge in [0.05, 0.1) is 6.04 Å². The van der Waals surface area contributed by atoms with Crippen molar-refractivity contribution in [2.75, 3.05) is 19.6 Å². The van der Waals surface area contributed by atoms with Crippen LogP contribution in [0.15, 0.2) is 66.1 Å². The molecule has 0 bridgehead atoms. The van der Waals surface area contributed by atoms with E-state index < -0.39 is 10.0 Å². The van der Waals surface area contributed by atoms with Gasteiger partial charge in [0.1, 0.15) is 0 Å². The van der Waals surface area contributed by atoms with Crippen molar-refractivity contribution in [3.8, 4) is 0 Å². The third-order valence-corrected chi connectivity index (χ3v) is 6.74. The van der Waals surface area contributed by atoms with Crippen molar-refractivity contribution >= 4 is 16.1 Å². The minimum atomic E-state index is -3.48. The van der Waals surface area contributed by atoms with Crippen LogP contribution in [0.3, 0.4) is 0 Å². The number of hydrogen-bond acceptors (Lipinski definition) is 3. The summed E-state index contributed by atoms with van der Waals surface area (Å²) in [6.07, 6.45) is 4.16. The Kier molecular flexibility index (Phi) is 4.94. The van der Waals surface area contributed by atoms with Crippen molar-refractivity contribution in [1.29, 1.82) is 0 Å². The lowest BCUT2D eigenvalue weighted by Crippen LogP contribution is -2.50. The van der Waals surface area contributed by atoms with E-state index >= 15 is 0 Å². The molecule has 0 aromatic heterocycles. The third-order valence-electron chi connectivity index (χ3n) is 5.17. The molecule has 0 radical (unpaired) electrons. The van der Waals surface area contributed by atoms with Gasteiger partial charge in [-0.05, 0) is 30.0 Å². The van der Waals surface area contributed by atoms with E-state index in [0.717, 1.165) is 24.2 Å². The normalized spacial score (nSPS) is 22.7. The van der Waals surface area contributed by atoms with Crippen LogP contribution in [0.4, 0.5) is 0 Å². The second-order valence-electron chi connectivity index (χ2n) is 7.02. The Morgan fingerprint density at radius 1 is 0.885 bits per heavy atom. The number of piperazine rings is 1. The number of rotatable bonds is 5. The molecule has 1 heterocycles. The smallest absolute Gasteiger partial charge is 0.236 e. The standard InChI is InChI=1S/C21H24N2O2S/c24-26(25,16-13-18-7-3-1-4-8-18)23-15-14-22(20-11-12-20)17-21(23)19-9-5-2-6-10-19/h1-10,13,16,20-21H,11-12,14-15,17H2/b16-13+/t21-/m0/s1. The van der Waals surface area contributed by atoms with E-state index in [-0.39, 0.29) is 6.04 Å². The fraction of sp³-hybridized carbons (Fsp3) is 0.333. The summed E-state index contributed by atoms with van der Waals surface area (Å²) in [6, 6.07) is 20.1. The van der Waals surface area contributed by atoms with Crippen molar-refractivity contribution < 1.29 is 8.42 Å². The zero-order valence-corrected chi connectivity index (χ0v) is 15.6. The fourth-order valence-corrected chi connectivity index (χ4v) is 4.98. The molecule has 1 aliphatic heterocycles. The van der Waals surface area contributed by atoms with E-state index in [9.17, 15) is 8.42 Å². The van der Waals surface area contributed by atoms with Gasteiger partial charge in [-0.3, -0.25) is 4.90 Å². The first-order valence-electron chi connectivity index (χ1n) is 9.17. The molecule has 2 aromatic rings. The molecule has 1 saturated heterocycles. The fourth-order valence-electron chi connectivity index (χ4n) is 3.62. The van der Waals surface area contributed by atoms with Crippen LogP contribution in [-0.2, 0) is 10.0 Å². The molecule has 2 aromatic carbocycles. The molecule has 26 heavy (non-hydrogen) atoms. The van der Waals surface area contributed by atoms with Gasteiger partial charge in [0, 0.05) is 31.1 Å². The van der Waals surface area contributed by atoms with Crippen molar-refractivity contribution in [3.63, 3.8) is 0 Å². The second kappa shape index (κ2) is 7.35. The molecule has 1 aliphatic carbocycles. The second-order valence-corrected chi connectivity index (χ2v) is 8.79. The summed E-state index contributed by atoms with van der Waals surface area (Å²) in [7, 11) is -3.48. The molecule has 0 N–H and O–H groups in total. The zero-order valence-electron chi connectivity index (χ0n) is 14.7. The molecule has 4 rings (SSSR count). The van der Waals surface area contributed by atoms with Gasteiger partial charge in [-0.15, -0.1) is 0 Å². The van der Waals surface area contributed by atoms with Crippen LogP contribution < -0.4 is 0 Å². The summed E-state index contributed by atoms with van der Waals surface area (Å²) >= 11 is 0. The molecule has 1 atom stereocenters. The maximum absolute atomic E-state index is 13.1. The Morgan fingerprint density at radius 3 is 2.19 bits per heavy atom. The highest BCUT2D eigenvalue weighted by Crippen LogP contribution is 2.35. The van der Waals surface area contributed by atoms with Gasteiger partial charge in [-0.2, -0.15) is 4.31 Å². The number of hydrogen-bond donors (Lipinski definition) is 0. The van der Waals surface area contributed by atoms with E-state index in [0.29, 0.717) is 12.6 Å². The van der Waals surface area contributed by atoms with E-state index in [2.05, 4.69) is 4.90 Å². The number of sulfonamides is 1. The largest absolute Gasteiger partial charge is 0.297 e. The van der Waals surface area contributed by atoms with Crippen LogP contribution in [0.2, 0.25) is 0 Å².